The van der Waals surface area contributed by atoms with Gasteiger partial charge in [-0.3, -0.25) is 0 Å². The molecule has 3 nitrogen and oxygen atoms in total. The molecule has 66 valence electrons. The molecule has 0 aromatic carbocycles. The number of hydrogen-bond acceptors (Lipinski definition) is 3. The van der Waals surface area contributed by atoms with Gasteiger partial charge in [0, 0.05) is 25.7 Å². The van der Waals surface area contributed by atoms with Crippen molar-refractivity contribution >= 4 is 0 Å². The predicted molar refractivity (Wildman–Crippen MR) is 41.3 cm³/mol. The van der Waals surface area contributed by atoms with Crippen molar-refractivity contribution < 1.29 is 9.50 Å². The SMILES string of the molecule is OC1CNC(CNCCF)C1. The first kappa shape index (κ1) is 8.90. The lowest BCUT2D eigenvalue weighted by Gasteiger charge is -2.09. The van der Waals surface area contributed by atoms with Gasteiger partial charge in [0.2, 0.25) is 0 Å². The minimum atomic E-state index is -0.324. The van der Waals surface area contributed by atoms with Crippen LogP contribution in [0.5, 0.6) is 0 Å². The molecule has 11 heavy (non-hydrogen) atoms. The summed E-state index contributed by atoms with van der Waals surface area (Å²) in [5, 5.41) is 15.2. The molecule has 0 bridgehead atoms. The number of nitrogens with one attached hydrogen (secondary N) is 2. The number of alkyl halides is 1. The highest BCUT2D eigenvalue weighted by Crippen LogP contribution is 2.04. The van der Waals surface area contributed by atoms with E-state index in [0.29, 0.717) is 19.1 Å². The molecule has 0 amide bonds. The highest BCUT2D eigenvalue weighted by atomic mass is 19.1. The van der Waals surface area contributed by atoms with Crippen LogP contribution in [0.4, 0.5) is 4.39 Å². The third-order valence-corrected chi connectivity index (χ3v) is 1.86. The van der Waals surface area contributed by atoms with Crippen molar-refractivity contribution in [3.63, 3.8) is 0 Å². The molecule has 1 fully saturated rings. The molecule has 0 aromatic rings. The smallest absolute Gasteiger partial charge is 0.102 e. The maximum absolute atomic E-state index is 11.6. The van der Waals surface area contributed by atoms with E-state index < -0.39 is 0 Å². The Hall–Kier alpha value is -0.190. The van der Waals surface area contributed by atoms with Gasteiger partial charge >= 0.3 is 0 Å². The van der Waals surface area contributed by atoms with Gasteiger partial charge in [-0.1, -0.05) is 0 Å². The monoisotopic (exact) mass is 162 g/mol. The third kappa shape index (κ3) is 3.14. The van der Waals surface area contributed by atoms with Crippen molar-refractivity contribution in [2.45, 2.75) is 18.6 Å². The van der Waals surface area contributed by atoms with Crippen molar-refractivity contribution in [2.24, 2.45) is 0 Å². The highest BCUT2D eigenvalue weighted by Gasteiger charge is 2.20. The molecule has 1 aliphatic heterocycles. The van der Waals surface area contributed by atoms with Crippen LogP contribution in [-0.4, -0.2) is 43.6 Å². The Bertz CT molecular complexity index is 113. The Labute approximate surface area is 66.0 Å². The predicted octanol–water partition coefficient (Wildman–Crippen LogP) is -0.732. The highest BCUT2D eigenvalue weighted by molar-refractivity contribution is 4.82. The van der Waals surface area contributed by atoms with E-state index in [4.69, 9.17) is 5.11 Å². The molecular weight excluding hydrogens is 147 g/mol. The van der Waals surface area contributed by atoms with E-state index in [1.165, 1.54) is 0 Å². The first-order valence-corrected chi connectivity index (χ1v) is 4.01. The Morgan fingerprint density at radius 3 is 3.00 bits per heavy atom. The average molecular weight is 162 g/mol. The topological polar surface area (TPSA) is 44.3 Å². The molecule has 0 radical (unpaired) electrons. The quantitative estimate of drug-likeness (QED) is 0.477. The van der Waals surface area contributed by atoms with E-state index in [9.17, 15) is 4.39 Å². The lowest BCUT2D eigenvalue weighted by molar-refractivity contribution is 0.193. The Morgan fingerprint density at radius 1 is 1.64 bits per heavy atom. The maximum atomic E-state index is 11.6. The molecule has 0 aliphatic carbocycles. The number of hydrogen-bond donors (Lipinski definition) is 3. The van der Waals surface area contributed by atoms with Crippen LogP contribution in [0.3, 0.4) is 0 Å². The fraction of sp³-hybridized carbons (Fsp3) is 1.00. The Morgan fingerprint density at radius 2 is 2.45 bits per heavy atom. The van der Waals surface area contributed by atoms with E-state index in [1.807, 2.05) is 0 Å². The lowest BCUT2D eigenvalue weighted by atomic mass is 10.2. The van der Waals surface area contributed by atoms with E-state index in [-0.39, 0.29) is 12.8 Å². The van der Waals surface area contributed by atoms with Crippen LogP contribution in [-0.2, 0) is 0 Å². The molecule has 1 saturated heterocycles. The van der Waals surface area contributed by atoms with Crippen LogP contribution >= 0.6 is 0 Å². The summed E-state index contributed by atoms with van der Waals surface area (Å²) in [5.74, 6) is 0. The Balaban J connectivity index is 1.99. The van der Waals surface area contributed by atoms with Crippen molar-refractivity contribution in [1.82, 2.24) is 10.6 Å². The molecule has 4 heteroatoms. The molecule has 0 aromatic heterocycles. The van der Waals surface area contributed by atoms with Crippen LogP contribution in [0.15, 0.2) is 0 Å². The van der Waals surface area contributed by atoms with Gasteiger partial charge in [0.1, 0.15) is 6.67 Å². The van der Waals surface area contributed by atoms with Crippen molar-refractivity contribution in [1.29, 1.82) is 0 Å². The van der Waals surface area contributed by atoms with Gasteiger partial charge < -0.3 is 15.7 Å². The van der Waals surface area contributed by atoms with Crippen molar-refractivity contribution in [3.05, 3.63) is 0 Å². The van der Waals surface area contributed by atoms with Gasteiger partial charge in [0.05, 0.1) is 6.10 Å². The second-order valence-corrected chi connectivity index (χ2v) is 2.89. The first-order valence-electron chi connectivity index (χ1n) is 4.01. The fourth-order valence-corrected chi connectivity index (χ4v) is 1.30. The second kappa shape index (κ2) is 4.64. The molecule has 0 spiro atoms. The summed E-state index contributed by atoms with van der Waals surface area (Å²) in [4.78, 5) is 0. The molecule has 2 atom stereocenters. The zero-order valence-corrected chi connectivity index (χ0v) is 6.52. The summed E-state index contributed by atoms with van der Waals surface area (Å²) in [6, 6.07) is 0.316. The molecule has 2 unspecified atom stereocenters. The van der Waals surface area contributed by atoms with Crippen LogP contribution < -0.4 is 10.6 Å². The van der Waals surface area contributed by atoms with Gasteiger partial charge in [-0.25, -0.2) is 4.39 Å². The zero-order chi connectivity index (χ0) is 8.10. The summed E-state index contributed by atoms with van der Waals surface area (Å²) in [6.45, 7) is 1.51. The third-order valence-electron chi connectivity index (χ3n) is 1.86. The normalized spacial score (nSPS) is 31.1. The second-order valence-electron chi connectivity index (χ2n) is 2.89. The van der Waals surface area contributed by atoms with Crippen molar-refractivity contribution in [3.8, 4) is 0 Å². The molecule has 3 N–H and O–H groups in total. The summed E-state index contributed by atoms with van der Waals surface area (Å²) in [6.07, 6.45) is 0.561. The summed E-state index contributed by atoms with van der Waals surface area (Å²) >= 11 is 0. The van der Waals surface area contributed by atoms with Gasteiger partial charge in [-0.05, 0) is 6.42 Å². The minimum absolute atomic E-state index is 0.216. The fourth-order valence-electron chi connectivity index (χ4n) is 1.30. The summed E-state index contributed by atoms with van der Waals surface area (Å²) in [5.41, 5.74) is 0. The van der Waals surface area contributed by atoms with Crippen LogP contribution in [0.25, 0.3) is 0 Å². The number of halogens is 1. The van der Waals surface area contributed by atoms with Gasteiger partial charge in [-0.2, -0.15) is 0 Å². The van der Waals surface area contributed by atoms with Gasteiger partial charge in [0.25, 0.3) is 0 Å². The molecule has 1 heterocycles. The molecule has 0 saturated carbocycles. The van der Waals surface area contributed by atoms with Gasteiger partial charge in [-0.15, -0.1) is 0 Å². The van der Waals surface area contributed by atoms with E-state index >= 15 is 0 Å². The largest absolute Gasteiger partial charge is 0.392 e. The molecule has 1 rings (SSSR count). The standard InChI is InChI=1S/C7H15FN2O/c8-1-2-9-4-6-3-7(11)5-10-6/h6-7,9-11H,1-5H2. The van der Waals surface area contributed by atoms with E-state index in [0.717, 1.165) is 13.0 Å². The molecule has 1 aliphatic rings. The van der Waals surface area contributed by atoms with E-state index in [2.05, 4.69) is 10.6 Å². The van der Waals surface area contributed by atoms with Crippen LogP contribution in [0.1, 0.15) is 6.42 Å². The average Bonchev–Trinajstić information content (AvgIpc) is 2.37. The van der Waals surface area contributed by atoms with Crippen LogP contribution in [0.2, 0.25) is 0 Å². The number of aliphatic hydroxyl groups excluding tert-OH is 1. The molecular formula is C7H15FN2O. The Kier molecular flexibility index (Phi) is 3.76. The minimum Gasteiger partial charge on any atom is -0.392 e. The van der Waals surface area contributed by atoms with E-state index in [1.54, 1.807) is 0 Å². The van der Waals surface area contributed by atoms with Gasteiger partial charge in [0.15, 0.2) is 0 Å². The first-order chi connectivity index (χ1) is 5.33. The lowest BCUT2D eigenvalue weighted by Crippen LogP contribution is -2.34. The summed E-state index contributed by atoms with van der Waals surface area (Å²) < 4.78 is 11.6. The van der Waals surface area contributed by atoms with Crippen molar-refractivity contribution in [2.75, 3.05) is 26.3 Å². The zero-order valence-electron chi connectivity index (χ0n) is 6.52. The number of rotatable bonds is 4. The number of β-amino-alcohol motifs (C(OH)–C–C–N with tert-alkyl or cyclic N) is 1. The van der Waals surface area contributed by atoms with Crippen LogP contribution in [0, 0.1) is 0 Å². The summed E-state index contributed by atoms with van der Waals surface area (Å²) in [7, 11) is 0. The maximum Gasteiger partial charge on any atom is 0.102 e. The number of aliphatic hydroxyl groups is 1.